The summed E-state index contributed by atoms with van der Waals surface area (Å²) in [6.45, 7) is 2.72. The van der Waals surface area contributed by atoms with Crippen LogP contribution in [0.3, 0.4) is 0 Å². The van der Waals surface area contributed by atoms with Gasteiger partial charge in [0.05, 0.1) is 11.1 Å². The fraction of sp³-hybridized carbons (Fsp3) is 0.0909. The van der Waals surface area contributed by atoms with E-state index in [0.717, 1.165) is 26.3 Å². The van der Waals surface area contributed by atoms with Crippen LogP contribution in [0.15, 0.2) is 59.3 Å². The van der Waals surface area contributed by atoms with E-state index in [1.165, 1.54) is 0 Å². The maximum absolute atomic E-state index is 13.0. The number of amides is 2. The van der Waals surface area contributed by atoms with Crippen LogP contribution in [0.25, 0.3) is 33.0 Å². The van der Waals surface area contributed by atoms with Gasteiger partial charge in [-0.2, -0.15) is 0 Å². The Morgan fingerprint density at radius 2 is 1.72 bits per heavy atom. The number of hydrogen-bond acceptors (Lipinski definition) is 3. The highest BCUT2D eigenvalue weighted by Gasteiger charge is 2.41. The SMILES string of the molecule is CCn1cc(C2=C(c3c[nH]c4ccccc34)C(=O)N(O)C2=O)c2cc(Br)ccc21. The summed E-state index contributed by atoms with van der Waals surface area (Å²) in [5.74, 6) is -1.44. The number of para-hydroxylation sites is 1. The van der Waals surface area contributed by atoms with Crippen LogP contribution >= 0.6 is 15.9 Å². The number of rotatable bonds is 3. The maximum atomic E-state index is 13.0. The quantitative estimate of drug-likeness (QED) is 0.355. The standard InChI is InChI=1S/C22H16BrN3O3/c1-2-25-11-16(14-9-12(23)7-8-18(14)25)20-19(21(27)26(29)22(20)28)15-10-24-17-6-4-3-5-13(15)17/h3-11,24,29H,2H2,1H3. The number of hydrogen-bond donors (Lipinski definition) is 2. The van der Waals surface area contributed by atoms with Gasteiger partial charge in [0.2, 0.25) is 0 Å². The Balaban J connectivity index is 1.88. The van der Waals surface area contributed by atoms with Crippen molar-refractivity contribution in [3.63, 3.8) is 0 Å². The van der Waals surface area contributed by atoms with Crippen LogP contribution < -0.4 is 0 Å². The largest absolute Gasteiger partial charge is 0.361 e. The molecule has 144 valence electrons. The number of aryl methyl sites for hydroxylation is 1. The first kappa shape index (κ1) is 17.9. The van der Waals surface area contributed by atoms with Crippen LogP contribution in [0.5, 0.6) is 0 Å². The van der Waals surface area contributed by atoms with Crippen LogP contribution in [0.2, 0.25) is 0 Å². The lowest BCUT2D eigenvalue weighted by Gasteiger charge is -2.03. The van der Waals surface area contributed by atoms with Gasteiger partial charge in [0.1, 0.15) is 0 Å². The maximum Gasteiger partial charge on any atom is 0.286 e. The first-order valence-corrected chi connectivity index (χ1v) is 9.97. The van der Waals surface area contributed by atoms with Gasteiger partial charge < -0.3 is 9.55 Å². The van der Waals surface area contributed by atoms with Gasteiger partial charge in [-0.15, -0.1) is 5.06 Å². The molecule has 0 saturated heterocycles. The smallest absolute Gasteiger partial charge is 0.286 e. The van der Waals surface area contributed by atoms with Gasteiger partial charge >= 0.3 is 0 Å². The molecule has 0 aliphatic carbocycles. The molecule has 0 radical (unpaired) electrons. The van der Waals surface area contributed by atoms with Gasteiger partial charge in [0.25, 0.3) is 11.8 Å². The number of carbonyl (C=O) groups excluding carboxylic acids is 2. The van der Waals surface area contributed by atoms with Gasteiger partial charge in [-0.25, -0.2) is 0 Å². The highest BCUT2D eigenvalue weighted by Crippen LogP contribution is 2.41. The monoisotopic (exact) mass is 449 g/mol. The summed E-state index contributed by atoms with van der Waals surface area (Å²) in [5, 5.41) is 12.1. The molecule has 2 aromatic heterocycles. The molecule has 0 unspecified atom stereocenters. The first-order valence-electron chi connectivity index (χ1n) is 9.18. The van der Waals surface area contributed by atoms with E-state index in [0.29, 0.717) is 17.7 Å². The third kappa shape index (κ3) is 2.51. The lowest BCUT2D eigenvalue weighted by molar-refractivity contribution is -0.168. The Morgan fingerprint density at radius 1 is 1.00 bits per heavy atom. The van der Waals surface area contributed by atoms with Crippen LogP contribution in [-0.4, -0.2) is 31.6 Å². The lowest BCUT2D eigenvalue weighted by atomic mass is 9.95. The van der Waals surface area contributed by atoms with Crippen molar-refractivity contribution in [1.82, 2.24) is 14.6 Å². The molecule has 6 nitrogen and oxygen atoms in total. The molecule has 2 aromatic carbocycles. The molecule has 2 amide bonds. The molecule has 0 spiro atoms. The Labute approximate surface area is 174 Å². The van der Waals surface area contributed by atoms with E-state index in [9.17, 15) is 14.8 Å². The van der Waals surface area contributed by atoms with E-state index in [-0.39, 0.29) is 16.2 Å². The summed E-state index contributed by atoms with van der Waals surface area (Å²) in [5.41, 5.74) is 3.43. The molecule has 7 heteroatoms. The van der Waals surface area contributed by atoms with Gasteiger partial charge in [-0.05, 0) is 31.2 Å². The lowest BCUT2D eigenvalue weighted by Crippen LogP contribution is -2.27. The van der Waals surface area contributed by atoms with E-state index in [2.05, 4.69) is 20.9 Å². The highest BCUT2D eigenvalue weighted by atomic mass is 79.9. The van der Waals surface area contributed by atoms with E-state index in [1.807, 2.05) is 60.2 Å². The number of halogens is 1. The first-order chi connectivity index (χ1) is 14.0. The fourth-order valence-electron chi connectivity index (χ4n) is 4.03. The van der Waals surface area contributed by atoms with Gasteiger partial charge in [-0.1, -0.05) is 34.1 Å². The number of fused-ring (bicyclic) bond motifs is 2. The summed E-state index contributed by atoms with van der Waals surface area (Å²) in [7, 11) is 0. The van der Waals surface area contributed by atoms with Crippen molar-refractivity contribution >= 4 is 60.7 Å². The number of nitrogens with one attached hydrogen (secondary N) is 1. The fourth-order valence-corrected chi connectivity index (χ4v) is 4.39. The third-order valence-corrected chi connectivity index (χ3v) is 5.87. The number of benzene rings is 2. The molecule has 3 heterocycles. The minimum atomic E-state index is -0.720. The number of imide groups is 1. The van der Waals surface area contributed by atoms with Crippen molar-refractivity contribution < 1.29 is 14.8 Å². The predicted octanol–water partition coefficient (Wildman–Crippen LogP) is 4.57. The summed E-state index contributed by atoms with van der Waals surface area (Å²) >= 11 is 3.49. The van der Waals surface area contributed by atoms with Gasteiger partial charge in [0, 0.05) is 56.3 Å². The zero-order valence-electron chi connectivity index (χ0n) is 15.4. The Hall–Kier alpha value is -3.16. The van der Waals surface area contributed by atoms with Crippen LogP contribution in [0.4, 0.5) is 0 Å². The molecule has 4 aromatic rings. The predicted molar refractivity (Wildman–Crippen MR) is 114 cm³/mol. The summed E-state index contributed by atoms with van der Waals surface area (Å²) in [6.07, 6.45) is 3.57. The van der Waals surface area contributed by atoms with E-state index < -0.39 is 11.8 Å². The molecule has 0 saturated carbocycles. The number of aromatic amines is 1. The average molecular weight is 450 g/mol. The van der Waals surface area contributed by atoms with Crippen LogP contribution in [0.1, 0.15) is 18.1 Å². The number of H-pyrrole nitrogens is 1. The van der Waals surface area contributed by atoms with E-state index in [4.69, 9.17) is 0 Å². The van der Waals surface area contributed by atoms with Crippen LogP contribution in [0, 0.1) is 0 Å². The Morgan fingerprint density at radius 3 is 2.48 bits per heavy atom. The minimum absolute atomic E-state index is 0.199. The summed E-state index contributed by atoms with van der Waals surface area (Å²) in [6, 6.07) is 13.4. The van der Waals surface area contributed by atoms with Crippen molar-refractivity contribution in [3.05, 3.63) is 70.5 Å². The highest BCUT2D eigenvalue weighted by molar-refractivity contribution is 9.10. The van der Waals surface area contributed by atoms with Crippen LogP contribution in [-0.2, 0) is 16.1 Å². The van der Waals surface area contributed by atoms with Crippen molar-refractivity contribution in [3.8, 4) is 0 Å². The molecule has 0 bridgehead atoms. The summed E-state index contributed by atoms with van der Waals surface area (Å²) in [4.78, 5) is 29.0. The van der Waals surface area contributed by atoms with E-state index in [1.54, 1.807) is 6.20 Å². The second-order valence-electron chi connectivity index (χ2n) is 6.91. The van der Waals surface area contributed by atoms with Gasteiger partial charge in [0.15, 0.2) is 0 Å². The number of aromatic nitrogens is 2. The van der Waals surface area contributed by atoms with Crippen molar-refractivity contribution in [1.29, 1.82) is 0 Å². The number of carbonyl (C=O) groups is 2. The van der Waals surface area contributed by atoms with E-state index >= 15 is 0 Å². The third-order valence-electron chi connectivity index (χ3n) is 5.37. The molecule has 5 rings (SSSR count). The normalized spacial score (nSPS) is 14.8. The number of nitrogens with zero attached hydrogens (tertiary/aromatic N) is 2. The summed E-state index contributed by atoms with van der Waals surface area (Å²) < 4.78 is 2.89. The van der Waals surface area contributed by atoms with Crippen molar-refractivity contribution in [2.45, 2.75) is 13.5 Å². The molecular formula is C22H16BrN3O3. The zero-order chi connectivity index (χ0) is 20.3. The second-order valence-corrected chi connectivity index (χ2v) is 7.83. The number of hydroxylamine groups is 2. The Bertz CT molecular complexity index is 1360. The second kappa shape index (κ2) is 6.43. The Kier molecular flexibility index (Phi) is 3.97. The average Bonchev–Trinajstić information content (AvgIpc) is 3.37. The molecule has 1 aliphatic rings. The van der Waals surface area contributed by atoms with Crippen molar-refractivity contribution in [2.75, 3.05) is 0 Å². The molecule has 0 fully saturated rings. The molecular weight excluding hydrogens is 434 g/mol. The topological polar surface area (TPSA) is 78.3 Å². The molecule has 1 aliphatic heterocycles. The molecule has 0 atom stereocenters. The minimum Gasteiger partial charge on any atom is -0.361 e. The zero-order valence-corrected chi connectivity index (χ0v) is 17.0. The van der Waals surface area contributed by atoms with Crippen molar-refractivity contribution in [2.24, 2.45) is 0 Å². The molecule has 29 heavy (non-hydrogen) atoms. The van der Waals surface area contributed by atoms with Gasteiger partial charge in [-0.3, -0.25) is 14.8 Å². The molecule has 2 N–H and O–H groups in total.